The third-order valence-corrected chi connectivity index (χ3v) is 1.57. The Labute approximate surface area is 79.3 Å². The molecule has 0 saturated heterocycles. The van der Waals surface area contributed by atoms with Gasteiger partial charge in [0, 0.05) is 13.1 Å². The Balaban J connectivity index is 3.17. The molecule has 0 aromatic heterocycles. The van der Waals surface area contributed by atoms with E-state index < -0.39 is 0 Å². The molecule has 0 saturated carbocycles. The zero-order valence-electron chi connectivity index (χ0n) is 8.30. The first-order valence-electron chi connectivity index (χ1n) is 4.49. The maximum Gasteiger partial charge on any atom is 0.243 e. The fourth-order valence-electron chi connectivity index (χ4n) is 0.593. The van der Waals surface area contributed by atoms with Gasteiger partial charge in [0.05, 0.1) is 6.10 Å². The molecular weight excluding hydrogens is 168 g/mol. The highest BCUT2D eigenvalue weighted by atomic mass is 16.7. The van der Waals surface area contributed by atoms with Gasteiger partial charge < -0.3 is 5.32 Å². The predicted molar refractivity (Wildman–Crippen MR) is 52.0 cm³/mol. The van der Waals surface area contributed by atoms with Crippen LogP contribution in [0.25, 0.3) is 0 Å². The van der Waals surface area contributed by atoms with E-state index in [1.165, 1.54) is 6.08 Å². The fourth-order valence-corrected chi connectivity index (χ4v) is 0.593. The SMILES string of the molecule is C=CC(=O)NCCNOC(C)CC. The van der Waals surface area contributed by atoms with Gasteiger partial charge in [-0.3, -0.25) is 9.63 Å². The lowest BCUT2D eigenvalue weighted by Crippen LogP contribution is -2.32. The van der Waals surface area contributed by atoms with Crippen molar-refractivity contribution in [2.45, 2.75) is 26.4 Å². The fraction of sp³-hybridized carbons (Fsp3) is 0.667. The number of amides is 1. The van der Waals surface area contributed by atoms with Crippen LogP contribution in [0.1, 0.15) is 20.3 Å². The van der Waals surface area contributed by atoms with Crippen molar-refractivity contribution in [3.8, 4) is 0 Å². The second-order valence-electron chi connectivity index (χ2n) is 2.73. The highest BCUT2D eigenvalue weighted by Gasteiger charge is 1.97. The summed E-state index contributed by atoms with van der Waals surface area (Å²) >= 11 is 0. The molecule has 0 rings (SSSR count). The van der Waals surface area contributed by atoms with Gasteiger partial charge in [-0.15, -0.1) is 0 Å². The molecule has 0 fully saturated rings. The van der Waals surface area contributed by atoms with Gasteiger partial charge in [-0.05, 0) is 19.4 Å². The molecule has 0 aromatic carbocycles. The van der Waals surface area contributed by atoms with E-state index in [0.29, 0.717) is 13.1 Å². The van der Waals surface area contributed by atoms with Crippen LogP contribution in [0.5, 0.6) is 0 Å². The highest BCUT2D eigenvalue weighted by Crippen LogP contribution is 1.90. The van der Waals surface area contributed by atoms with E-state index >= 15 is 0 Å². The Kier molecular flexibility index (Phi) is 7.24. The van der Waals surface area contributed by atoms with Crippen LogP contribution in [-0.2, 0) is 9.63 Å². The van der Waals surface area contributed by atoms with Crippen LogP contribution in [-0.4, -0.2) is 25.1 Å². The summed E-state index contributed by atoms with van der Waals surface area (Å²) in [5.74, 6) is -0.162. The average molecular weight is 186 g/mol. The van der Waals surface area contributed by atoms with Crippen LogP contribution in [0.2, 0.25) is 0 Å². The number of rotatable bonds is 7. The number of carbonyl (C=O) groups excluding carboxylic acids is 1. The quantitative estimate of drug-likeness (QED) is 0.348. The number of hydrogen-bond donors (Lipinski definition) is 2. The molecule has 0 aliphatic carbocycles. The van der Waals surface area contributed by atoms with Crippen molar-refractivity contribution in [1.82, 2.24) is 10.8 Å². The van der Waals surface area contributed by atoms with Gasteiger partial charge in [-0.2, -0.15) is 0 Å². The summed E-state index contributed by atoms with van der Waals surface area (Å²) < 4.78 is 0. The third kappa shape index (κ3) is 7.49. The van der Waals surface area contributed by atoms with Crippen molar-refractivity contribution in [3.05, 3.63) is 12.7 Å². The van der Waals surface area contributed by atoms with E-state index in [0.717, 1.165) is 6.42 Å². The van der Waals surface area contributed by atoms with Crippen molar-refractivity contribution >= 4 is 5.91 Å². The summed E-state index contributed by atoms with van der Waals surface area (Å²) in [4.78, 5) is 15.8. The van der Waals surface area contributed by atoms with Crippen LogP contribution >= 0.6 is 0 Å². The molecule has 76 valence electrons. The van der Waals surface area contributed by atoms with Gasteiger partial charge in [0.2, 0.25) is 5.91 Å². The minimum Gasteiger partial charge on any atom is -0.351 e. The molecular formula is C9H18N2O2. The number of carbonyl (C=O) groups is 1. The Hall–Kier alpha value is -0.870. The molecule has 1 amide bonds. The monoisotopic (exact) mass is 186 g/mol. The van der Waals surface area contributed by atoms with Crippen LogP contribution in [0, 0.1) is 0 Å². The lowest BCUT2D eigenvalue weighted by molar-refractivity contribution is -0.116. The number of hydrogen-bond acceptors (Lipinski definition) is 3. The topological polar surface area (TPSA) is 50.4 Å². The molecule has 13 heavy (non-hydrogen) atoms. The van der Waals surface area contributed by atoms with Gasteiger partial charge in [-0.25, -0.2) is 5.48 Å². The number of hydroxylamine groups is 1. The molecule has 0 heterocycles. The second-order valence-corrected chi connectivity index (χ2v) is 2.73. The molecule has 0 spiro atoms. The van der Waals surface area contributed by atoms with Crippen LogP contribution in [0.4, 0.5) is 0 Å². The molecule has 4 nitrogen and oxygen atoms in total. The Morgan fingerprint density at radius 1 is 1.62 bits per heavy atom. The Bertz CT molecular complexity index is 160. The van der Waals surface area contributed by atoms with E-state index in [9.17, 15) is 4.79 Å². The molecule has 0 aliphatic heterocycles. The van der Waals surface area contributed by atoms with Crippen LogP contribution in [0.3, 0.4) is 0 Å². The maximum absolute atomic E-state index is 10.7. The lowest BCUT2D eigenvalue weighted by Gasteiger charge is -2.10. The molecule has 0 bridgehead atoms. The molecule has 4 heteroatoms. The van der Waals surface area contributed by atoms with E-state index in [2.05, 4.69) is 17.4 Å². The maximum atomic E-state index is 10.7. The summed E-state index contributed by atoms with van der Waals surface area (Å²) in [6.07, 6.45) is 2.41. The van der Waals surface area contributed by atoms with Crippen molar-refractivity contribution in [1.29, 1.82) is 0 Å². The minimum atomic E-state index is -0.162. The lowest BCUT2D eigenvalue weighted by atomic mass is 10.3. The minimum absolute atomic E-state index is 0.162. The smallest absolute Gasteiger partial charge is 0.243 e. The summed E-state index contributed by atoms with van der Waals surface area (Å²) in [7, 11) is 0. The predicted octanol–water partition coefficient (Wildman–Crippen LogP) is 0.608. The zero-order valence-corrected chi connectivity index (χ0v) is 8.30. The molecule has 2 N–H and O–H groups in total. The first kappa shape index (κ1) is 12.1. The summed E-state index contributed by atoms with van der Waals surface area (Å²) in [6.45, 7) is 8.51. The van der Waals surface area contributed by atoms with Gasteiger partial charge >= 0.3 is 0 Å². The van der Waals surface area contributed by atoms with Crippen molar-refractivity contribution in [2.24, 2.45) is 0 Å². The average Bonchev–Trinajstić information content (AvgIpc) is 2.16. The first-order chi connectivity index (χ1) is 6.20. The van der Waals surface area contributed by atoms with E-state index in [1.54, 1.807) is 0 Å². The Morgan fingerprint density at radius 3 is 2.85 bits per heavy atom. The largest absolute Gasteiger partial charge is 0.351 e. The van der Waals surface area contributed by atoms with Gasteiger partial charge in [-0.1, -0.05) is 13.5 Å². The first-order valence-corrected chi connectivity index (χ1v) is 4.49. The zero-order chi connectivity index (χ0) is 10.1. The van der Waals surface area contributed by atoms with E-state index in [4.69, 9.17) is 4.84 Å². The van der Waals surface area contributed by atoms with E-state index in [-0.39, 0.29) is 12.0 Å². The molecule has 0 radical (unpaired) electrons. The molecule has 0 aromatic rings. The van der Waals surface area contributed by atoms with Gasteiger partial charge in [0.25, 0.3) is 0 Å². The van der Waals surface area contributed by atoms with Crippen LogP contribution in [0.15, 0.2) is 12.7 Å². The van der Waals surface area contributed by atoms with Gasteiger partial charge in [0.1, 0.15) is 0 Å². The highest BCUT2D eigenvalue weighted by molar-refractivity contribution is 5.86. The van der Waals surface area contributed by atoms with Crippen LogP contribution < -0.4 is 10.8 Å². The van der Waals surface area contributed by atoms with Crippen molar-refractivity contribution in [2.75, 3.05) is 13.1 Å². The molecule has 0 aliphatic rings. The molecule has 1 unspecified atom stereocenters. The summed E-state index contributed by atoms with van der Waals surface area (Å²) in [6, 6.07) is 0. The standard InChI is InChI=1S/C9H18N2O2/c1-4-8(3)13-11-7-6-10-9(12)5-2/h5,8,11H,2,4,6-7H2,1,3H3,(H,10,12). The normalized spacial score (nSPS) is 12.2. The number of nitrogens with one attached hydrogen (secondary N) is 2. The summed E-state index contributed by atoms with van der Waals surface area (Å²) in [5.41, 5.74) is 2.77. The van der Waals surface area contributed by atoms with Crippen molar-refractivity contribution in [3.63, 3.8) is 0 Å². The van der Waals surface area contributed by atoms with E-state index in [1.807, 2.05) is 13.8 Å². The third-order valence-electron chi connectivity index (χ3n) is 1.57. The van der Waals surface area contributed by atoms with Crippen molar-refractivity contribution < 1.29 is 9.63 Å². The Morgan fingerprint density at radius 2 is 2.31 bits per heavy atom. The van der Waals surface area contributed by atoms with Gasteiger partial charge in [0.15, 0.2) is 0 Å². The second kappa shape index (κ2) is 7.76. The summed E-state index contributed by atoms with van der Waals surface area (Å²) in [5, 5.41) is 2.62. The molecule has 1 atom stereocenters.